The Morgan fingerprint density at radius 3 is 2.90 bits per heavy atom. The summed E-state index contributed by atoms with van der Waals surface area (Å²) in [6, 6.07) is 7.44. The van der Waals surface area contributed by atoms with Crippen LogP contribution in [0.2, 0.25) is 0 Å². The first kappa shape index (κ1) is 14.3. The maximum absolute atomic E-state index is 12.6. The van der Waals surface area contributed by atoms with E-state index in [0.29, 0.717) is 31.0 Å². The molecule has 6 heteroatoms. The van der Waals surface area contributed by atoms with Crippen LogP contribution in [0.4, 0.5) is 0 Å². The molecule has 0 spiro atoms. The van der Waals surface area contributed by atoms with Crippen LogP contribution >= 0.6 is 11.8 Å². The molecule has 0 aromatic heterocycles. The number of rotatable bonds is 3. The molecule has 1 aromatic rings. The standard InChI is InChI=1S/C15H17NO4S/c17-13(16-15(14(18)19)6-8-21-9-15)11-5-7-20-12-4-2-1-3-10(11)12/h1-4,11H,5-9H2,(H,16,17)(H,18,19)/t11-,15-/m1/s1. The van der Waals surface area contributed by atoms with Crippen molar-refractivity contribution in [1.29, 1.82) is 0 Å². The number of amides is 1. The fourth-order valence-corrected chi connectivity index (χ4v) is 4.15. The van der Waals surface area contributed by atoms with E-state index in [1.54, 1.807) is 11.8 Å². The van der Waals surface area contributed by atoms with E-state index in [0.717, 1.165) is 11.3 Å². The summed E-state index contributed by atoms with van der Waals surface area (Å²) in [5.41, 5.74) is -0.276. The summed E-state index contributed by atoms with van der Waals surface area (Å²) in [5, 5.41) is 12.2. The largest absolute Gasteiger partial charge is 0.493 e. The molecule has 1 amide bonds. The van der Waals surface area contributed by atoms with Gasteiger partial charge in [0, 0.05) is 11.3 Å². The summed E-state index contributed by atoms with van der Waals surface area (Å²) < 4.78 is 5.55. The normalized spacial score (nSPS) is 27.5. The average molecular weight is 307 g/mol. The van der Waals surface area contributed by atoms with Crippen LogP contribution in [0.25, 0.3) is 0 Å². The molecule has 5 nitrogen and oxygen atoms in total. The second kappa shape index (κ2) is 5.60. The molecule has 1 saturated heterocycles. The van der Waals surface area contributed by atoms with Gasteiger partial charge in [-0.05, 0) is 24.7 Å². The molecular weight excluding hydrogens is 290 g/mol. The Labute approximate surface area is 127 Å². The van der Waals surface area contributed by atoms with Crippen LogP contribution in [0, 0.1) is 0 Å². The van der Waals surface area contributed by atoms with Gasteiger partial charge in [0.2, 0.25) is 5.91 Å². The van der Waals surface area contributed by atoms with Crippen molar-refractivity contribution in [2.45, 2.75) is 24.3 Å². The van der Waals surface area contributed by atoms with E-state index in [1.807, 2.05) is 24.3 Å². The van der Waals surface area contributed by atoms with E-state index in [9.17, 15) is 14.7 Å². The second-order valence-electron chi connectivity index (χ2n) is 5.41. The molecule has 2 aliphatic heterocycles. The number of thioether (sulfide) groups is 1. The number of para-hydroxylation sites is 1. The zero-order valence-electron chi connectivity index (χ0n) is 11.5. The van der Waals surface area contributed by atoms with Gasteiger partial charge in [0.15, 0.2) is 0 Å². The van der Waals surface area contributed by atoms with E-state index in [1.165, 1.54) is 0 Å². The van der Waals surface area contributed by atoms with Gasteiger partial charge in [0.25, 0.3) is 0 Å². The number of carboxylic acid groups (broad SMARTS) is 1. The Balaban J connectivity index is 1.82. The molecule has 21 heavy (non-hydrogen) atoms. The molecule has 2 aliphatic rings. The highest BCUT2D eigenvalue weighted by Crippen LogP contribution is 2.35. The monoisotopic (exact) mass is 307 g/mol. The number of hydrogen-bond donors (Lipinski definition) is 2. The first-order chi connectivity index (χ1) is 10.1. The van der Waals surface area contributed by atoms with Gasteiger partial charge in [-0.15, -0.1) is 0 Å². The number of benzene rings is 1. The van der Waals surface area contributed by atoms with Gasteiger partial charge >= 0.3 is 5.97 Å². The minimum Gasteiger partial charge on any atom is -0.493 e. The number of carbonyl (C=O) groups excluding carboxylic acids is 1. The molecule has 0 aliphatic carbocycles. The van der Waals surface area contributed by atoms with E-state index in [4.69, 9.17) is 4.74 Å². The van der Waals surface area contributed by atoms with Crippen LogP contribution in [0.5, 0.6) is 5.75 Å². The third kappa shape index (κ3) is 2.60. The van der Waals surface area contributed by atoms with Crippen molar-refractivity contribution in [3.05, 3.63) is 29.8 Å². The topological polar surface area (TPSA) is 75.6 Å². The number of carboxylic acids is 1. The van der Waals surface area contributed by atoms with Crippen molar-refractivity contribution in [1.82, 2.24) is 5.32 Å². The number of nitrogens with one attached hydrogen (secondary N) is 1. The van der Waals surface area contributed by atoms with Gasteiger partial charge in [-0.25, -0.2) is 4.79 Å². The predicted octanol–water partition coefficient (Wildman–Crippen LogP) is 1.63. The van der Waals surface area contributed by atoms with Gasteiger partial charge < -0.3 is 15.2 Å². The highest BCUT2D eigenvalue weighted by molar-refractivity contribution is 7.99. The smallest absolute Gasteiger partial charge is 0.330 e. The van der Waals surface area contributed by atoms with Crippen LogP contribution in [0.3, 0.4) is 0 Å². The summed E-state index contributed by atoms with van der Waals surface area (Å²) >= 11 is 1.56. The average Bonchev–Trinajstić information content (AvgIpc) is 2.96. The molecule has 0 bridgehead atoms. The lowest BCUT2D eigenvalue weighted by Crippen LogP contribution is -2.56. The molecule has 0 radical (unpaired) electrons. The lowest BCUT2D eigenvalue weighted by molar-refractivity contribution is -0.146. The Bertz CT molecular complexity index is 569. The fourth-order valence-electron chi connectivity index (χ4n) is 2.82. The van der Waals surface area contributed by atoms with E-state index < -0.39 is 11.5 Å². The van der Waals surface area contributed by atoms with Gasteiger partial charge in [-0.2, -0.15) is 11.8 Å². The first-order valence-electron chi connectivity index (χ1n) is 6.97. The van der Waals surface area contributed by atoms with Crippen LogP contribution in [0.15, 0.2) is 24.3 Å². The lowest BCUT2D eigenvalue weighted by Gasteiger charge is -2.30. The van der Waals surface area contributed by atoms with Gasteiger partial charge in [0.05, 0.1) is 12.5 Å². The molecule has 1 fully saturated rings. The summed E-state index contributed by atoms with van der Waals surface area (Å²) in [7, 11) is 0. The maximum Gasteiger partial charge on any atom is 0.330 e. The van der Waals surface area contributed by atoms with Crippen LogP contribution in [-0.2, 0) is 9.59 Å². The molecule has 0 saturated carbocycles. The van der Waals surface area contributed by atoms with Crippen molar-refractivity contribution in [2.24, 2.45) is 0 Å². The zero-order chi connectivity index (χ0) is 14.9. The molecule has 2 atom stereocenters. The molecule has 2 heterocycles. The quantitative estimate of drug-likeness (QED) is 0.887. The molecule has 1 aromatic carbocycles. The summed E-state index contributed by atoms with van der Waals surface area (Å²) in [6.45, 7) is 0.476. The van der Waals surface area contributed by atoms with E-state index in [2.05, 4.69) is 5.32 Å². The number of fused-ring (bicyclic) bond motifs is 1. The van der Waals surface area contributed by atoms with Crippen LogP contribution in [0.1, 0.15) is 24.3 Å². The SMILES string of the molecule is O=C(N[C@]1(C(=O)O)CCSC1)[C@@H]1CCOc2ccccc21. The van der Waals surface area contributed by atoms with Gasteiger partial charge in [-0.1, -0.05) is 18.2 Å². The Kier molecular flexibility index (Phi) is 3.80. The Morgan fingerprint density at radius 2 is 2.19 bits per heavy atom. The summed E-state index contributed by atoms with van der Waals surface area (Å²) in [5.74, 6) is 0.415. The third-order valence-electron chi connectivity index (χ3n) is 4.07. The molecular formula is C15H17NO4S. The number of carbonyl (C=O) groups is 2. The van der Waals surface area contributed by atoms with E-state index in [-0.39, 0.29) is 11.8 Å². The van der Waals surface area contributed by atoms with Crippen molar-refractivity contribution < 1.29 is 19.4 Å². The maximum atomic E-state index is 12.6. The molecule has 3 rings (SSSR count). The highest BCUT2D eigenvalue weighted by Gasteiger charge is 2.44. The molecule has 112 valence electrons. The van der Waals surface area contributed by atoms with Crippen molar-refractivity contribution >= 4 is 23.6 Å². The van der Waals surface area contributed by atoms with Crippen LogP contribution < -0.4 is 10.1 Å². The second-order valence-corrected chi connectivity index (χ2v) is 6.51. The first-order valence-corrected chi connectivity index (χ1v) is 8.13. The predicted molar refractivity (Wildman–Crippen MR) is 79.7 cm³/mol. The van der Waals surface area contributed by atoms with Gasteiger partial charge in [0.1, 0.15) is 11.3 Å². The summed E-state index contributed by atoms with van der Waals surface area (Å²) in [6.07, 6.45) is 1.05. The highest BCUT2D eigenvalue weighted by atomic mass is 32.2. The summed E-state index contributed by atoms with van der Waals surface area (Å²) in [4.78, 5) is 24.1. The minimum atomic E-state index is -1.12. The number of aliphatic carboxylic acids is 1. The molecule has 0 unspecified atom stereocenters. The lowest BCUT2D eigenvalue weighted by atomic mass is 9.90. The third-order valence-corrected chi connectivity index (χ3v) is 5.26. The van der Waals surface area contributed by atoms with Crippen molar-refractivity contribution in [2.75, 3.05) is 18.1 Å². The van der Waals surface area contributed by atoms with Crippen molar-refractivity contribution in [3.8, 4) is 5.75 Å². The molecule has 2 N–H and O–H groups in total. The minimum absolute atomic E-state index is 0.212. The van der Waals surface area contributed by atoms with Crippen LogP contribution in [-0.4, -0.2) is 40.6 Å². The fraction of sp³-hybridized carbons (Fsp3) is 0.467. The Morgan fingerprint density at radius 1 is 1.38 bits per heavy atom. The van der Waals surface area contributed by atoms with Gasteiger partial charge in [-0.3, -0.25) is 4.79 Å². The number of ether oxygens (including phenoxy) is 1. The van der Waals surface area contributed by atoms with E-state index >= 15 is 0 Å². The number of hydrogen-bond acceptors (Lipinski definition) is 4. The van der Waals surface area contributed by atoms with Crippen molar-refractivity contribution in [3.63, 3.8) is 0 Å². The Hall–Kier alpha value is -1.69. The zero-order valence-corrected chi connectivity index (χ0v) is 12.3.